The van der Waals surface area contributed by atoms with Crippen LogP contribution in [0.15, 0.2) is 36.4 Å². The number of benzene rings is 1. The minimum atomic E-state index is -3.61. The van der Waals surface area contributed by atoms with Crippen molar-refractivity contribution in [3.8, 4) is 0 Å². The lowest BCUT2D eigenvalue weighted by Gasteiger charge is -2.31. The van der Waals surface area contributed by atoms with Crippen LogP contribution >= 0.6 is 0 Å². The Bertz CT molecular complexity index is 905. The van der Waals surface area contributed by atoms with Gasteiger partial charge in [0.05, 0.1) is 6.57 Å². The fraction of sp³-hybridized carbons (Fsp3) is 0.368. The van der Waals surface area contributed by atoms with E-state index >= 15 is 0 Å². The number of hydrogen-bond donors (Lipinski definition) is 1. The topological polar surface area (TPSA) is 66.7 Å². The number of hydrogen-bond acceptors (Lipinski definition) is 3. The molecule has 0 saturated carbocycles. The number of aryl methyl sites for hydroxylation is 2. The summed E-state index contributed by atoms with van der Waals surface area (Å²) >= 11 is 0. The monoisotopic (exact) mass is 370 g/mol. The fourth-order valence-electron chi connectivity index (χ4n) is 3.34. The SMILES string of the molecule is [C-]#[N+]c1ccc(C2CCN(S(=O)(=O)Nc3cc(C)cc(C)n3)CC2)cc1. The molecule has 7 heteroatoms. The third kappa shape index (κ3) is 4.21. The van der Waals surface area contributed by atoms with Crippen molar-refractivity contribution in [2.45, 2.75) is 32.6 Å². The molecule has 1 aromatic heterocycles. The molecule has 136 valence electrons. The van der Waals surface area contributed by atoms with E-state index in [0.29, 0.717) is 30.5 Å². The van der Waals surface area contributed by atoms with Crippen LogP contribution < -0.4 is 4.72 Å². The third-order valence-corrected chi connectivity index (χ3v) is 6.13. The Morgan fingerprint density at radius 1 is 1.15 bits per heavy atom. The highest BCUT2D eigenvalue weighted by Gasteiger charge is 2.29. The molecule has 0 atom stereocenters. The molecule has 0 bridgehead atoms. The van der Waals surface area contributed by atoms with Crippen molar-refractivity contribution in [3.63, 3.8) is 0 Å². The Kier molecular flexibility index (Phi) is 5.25. The molecule has 1 fully saturated rings. The first-order chi connectivity index (χ1) is 12.4. The van der Waals surface area contributed by atoms with Crippen molar-refractivity contribution < 1.29 is 8.42 Å². The second-order valence-corrected chi connectivity index (χ2v) is 8.33. The molecule has 2 aromatic rings. The van der Waals surface area contributed by atoms with Gasteiger partial charge in [0.2, 0.25) is 0 Å². The Morgan fingerprint density at radius 3 is 2.38 bits per heavy atom. The average molecular weight is 370 g/mol. The van der Waals surface area contributed by atoms with E-state index in [1.807, 2.05) is 44.2 Å². The molecular weight excluding hydrogens is 348 g/mol. The van der Waals surface area contributed by atoms with Gasteiger partial charge < -0.3 is 0 Å². The van der Waals surface area contributed by atoms with Crippen molar-refractivity contribution in [2.75, 3.05) is 17.8 Å². The van der Waals surface area contributed by atoms with Gasteiger partial charge in [-0.1, -0.05) is 24.3 Å². The molecule has 0 radical (unpaired) electrons. The Balaban J connectivity index is 1.65. The van der Waals surface area contributed by atoms with Crippen LogP contribution in [0.2, 0.25) is 0 Å². The Hall–Kier alpha value is -2.43. The van der Waals surface area contributed by atoms with Crippen molar-refractivity contribution in [2.24, 2.45) is 0 Å². The molecule has 6 nitrogen and oxygen atoms in total. The van der Waals surface area contributed by atoms with Crippen LogP contribution in [-0.2, 0) is 10.2 Å². The van der Waals surface area contributed by atoms with E-state index < -0.39 is 10.2 Å². The van der Waals surface area contributed by atoms with Gasteiger partial charge in [-0.25, -0.2) is 9.83 Å². The van der Waals surface area contributed by atoms with E-state index in [0.717, 1.165) is 24.1 Å². The molecule has 3 rings (SSSR count). The standard InChI is InChI=1S/C19H22N4O2S/c1-14-12-15(2)21-19(13-14)22-26(24,25)23-10-8-17(9-11-23)16-4-6-18(20-3)7-5-16/h4-7,12-13,17H,8-11H2,1-2H3,(H,21,22). The zero-order valence-corrected chi connectivity index (χ0v) is 15.8. The third-order valence-electron chi connectivity index (χ3n) is 4.62. The summed E-state index contributed by atoms with van der Waals surface area (Å²) in [6.07, 6.45) is 1.52. The van der Waals surface area contributed by atoms with Gasteiger partial charge in [0.25, 0.3) is 0 Å². The van der Waals surface area contributed by atoms with Gasteiger partial charge >= 0.3 is 10.2 Å². The number of pyridine rings is 1. The largest absolute Gasteiger partial charge is 0.302 e. The lowest BCUT2D eigenvalue weighted by atomic mass is 9.90. The van der Waals surface area contributed by atoms with Gasteiger partial charge in [-0.3, -0.25) is 4.72 Å². The summed E-state index contributed by atoms with van der Waals surface area (Å²) in [5.41, 5.74) is 3.54. The van der Waals surface area contributed by atoms with Gasteiger partial charge in [-0.05, 0) is 55.9 Å². The second-order valence-electron chi connectivity index (χ2n) is 6.65. The van der Waals surface area contributed by atoms with E-state index in [9.17, 15) is 8.42 Å². The minimum Gasteiger partial charge on any atom is -0.254 e. The average Bonchev–Trinajstić information content (AvgIpc) is 2.60. The Morgan fingerprint density at radius 2 is 1.81 bits per heavy atom. The molecule has 0 aliphatic carbocycles. The molecule has 0 spiro atoms. The lowest BCUT2D eigenvalue weighted by molar-refractivity contribution is 0.321. The molecule has 26 heavy (non-hydrogen) atoms. The summed E-state index contributed by atoms with van der Waals surface area (Å²) in [4.78, 5) is 7.65. The van der Waals surface area contributed by atoms with Gasteiger partial charge in [0, 0.05) is 18.8 Å². The van der Waals surface area contributed by atoms with Gasteiger partial charge in [0.15, 0.2) is 5.69 Å². The molecule has 1 N–H and O–H groups in total. The molecule has 0 unspecified atom stereocenters. The summed E-state index contributed by atoms with van der Waals surface area (Å²) in [5.74, 6) is 0.680. The van der Waals surface area contributed by atoms with Gasteiger partial charge in [0.1, 0.15) is 5.82 Å². The molecule has 1 aromatic carbocycles. The zero-order chi connectivity index (χ0) is 18.7. The summed E-state index contributed by atoms with van der Waals surface area (Å²) in [6, 6.07) is 11.2. The highest BCUT2D eigenvalue weighted by Crippen LogP contribution is 2.30. The van der Waals surface area contributed by atoms with Crippen molar-refractivity contribution in [3.05, 3.63) is 64.6 Å². The van der Waals surface area contributed by atoms with E-state index in [1.54, 1.807) is 6.07 Å². The van der Waals surface area contributed by atoms with E-state index in [4.69, 9.17) is 6.57 Å². The van der Waals surface area contributed by atoms with Crippen LogP contribution in [0.1, 0.15) is 35.6 Å². The first-order valence-corrected chi connectivity index (χ1v) is 10.0. The number of nitrogens with one attached hydrogen (secondary N) is 1. The van der Waals surface area contributed by atoms with E-state index in [-0.39, 0.29) is 0 Å². The Labute approximate surface area is 154 Å². The van der Waals surface area contributed by atoms with Gasteiger partial charge in [-0.15, -0.1) is 0 Å². The van der Waals surface area contributed by atoms with Crippen LogP contribution in [0.25, 0.3) is 4.85 Å². The highest BCUT2D eigenvalue weighted by atomic mass is 32.2. The van der Waals surface area contributed by atoms with Crippen molar-refractivity contribution in [1.29, 1.82) is 0 Å². The summed E-state index contributed by atoms with van der Waals surface area (Å²) in [6.45, 7) is 11.7. The van der Waals surface area contributed by atoms with Crippen LogP contribution in [0.3, 0.4) is 0 Å². The molecule has 1 aliphatic rings. The second kappa shape index (κ2) is 7.44. The van der Waals surface area contributed by atoms with Gasteiger partial charge in [-0.2, -0.15) is 12.7 Å². The minimum absolute atomic E-state index is 0.320. The first-order valence-electron chi connectivity index (χ1n) is 8.58. The molecule has 1 saturated heterocycles. The molecule has 1 aliphatic heterocycles. The van der Waals surface area contributed by atoms with Crippen LogP contribution in [-0.4, -0.2) is 30.8 Å². The maximum atomic E-state index is 12.6. The first kappa shape index (κ1) is 18.4. The molecule has 0 amide bonds. The molecule has 2 heterocycles. The summed E-state index contributed by atoms with van der Waals surface area (Å²) < 4.78 is 29.4. The highest BCUT2D eigenvalue weighted by molar-refractivity contribution is 7.90. The number of aromatic nitrogens is 1. The van der Waals surface area contributed by atoms with E-state index in [2.05, 4.69) is 14.6 Å². The van der Waals surface area contributed by atoms with Crippen molar-refractivity contribution >= 4 is 21.7 Å². The summed E-state index contributed by atoms with van der Waals surface area (Å²) in [7, 11) is -3.61. The lowest BCUT2D eigenvalue weighted by Crippen LogP contribution is -2.41. The maximum Gasteiger partial charge on any atom is 0.302 e. The van der Waals surface area contributed by atoms with Crippen molar-refractivity contribution in [1.82, 2.24) is 9.29 Å². The van der Waals surface area contributed by atoms with Crippen LogP contribution in [0.4, 0.5) is 11.5 Å². The predicted molar refractivity (Wildman–Crippen MR) is 103 cm³/mol. The number of piperidine rings is 1. The molecular formula is C19H22N4O2S. The van der Waals surface area contributed by atoms with E-state index in [1.165, 1.54) is 9.87 Å². The van der Waals surface area contributed by atoms with Crippen LogP contribution in [0.5, 0.6) is 0 Å². The summed E-state index contributed by atoms with van der Waals surface area (Å²) in [5, 5.41) is 0. The smallest absolute Gasteiger partial charge is 0.254 e. The normalized spacial score (nSPS) is 16.2. The number of anilines is 1. The quantitative estimate of drug-likeness (QED) is 0.833. The number of rotatable bonds is 4. The number of nitrogens with zero attached hydrogens (tertiary/aromatic N) is 3. The van der Waals surface area contributed by atoms with Crippen LogP contribution in [0, 0.1) is 20.4 Å². The predicted octanol–water partition coefficient (Wildman–Crippen LogP) is 3.79. The zero-order valence-electron chi connectivity index (χ0n) is 14.9. The maximum absolute atomic E-state index is 12.6. The fourth-order valence-corrected chi connectivity index (χ4v) is 4.53.